The first kappa shape index (κ1) is 10.5. The van der Waals surface area contributed by atoms with Crippen LogP contribution in [0, 0.1) is 0 Å². The van der Waals surface area contributed by atoms with Crippen LogP contribution in [0.3, 0.4) is 0 Å². The minimum atomic E-state index is -4.10. The SMILES string of the molecule is O=S(=O)(O)C1=Cc2cccc3cccc(c23)C1. The molecule has 0 amide bonds. The first-order chi connectivity index (χ1) is 8.05. The summed E-state index contributed by atoms with van der Waals surface area (Å²) < 4.78 is 31.5. The van der Waals surface area contributed by atoms with Gasteiger partial charge in [-0.3, -0.25) is 4.55 Å². The van der Waals surface area contributed by atoms with Crippen molar-refractivity contribution in [1.29, 1.82) is 0 Å². The Bertz CT molecular complexity index is 737. The second-order valence-corrected chi connectivity index (χ2v) is 5.60. The summed E-state index contributed by atoms with van der Waals surface area (Å²) >= 11 is 0. The minimum absolute atomic E-state index is 0.0590. The van der Waals surface area contributed by atoms with Gasteiger partial charge in [0.15, 0.2) is 0 Å². The monoisotopic (exact) mass is 246 g/mol. The molecular weight excluding hydrogens is 236 g/mol. The topological polar surface area (TPSA) is 54.4 Å². The van der Waals surface area contributed by atoms with Gasteiger partial charge in [0.2, 0.25) is 0 Å². The molecule has 0 saturated carbocycles. The van der Waals surface area contributed by atoms with Crippen molar-refractivity contribution in [1.82, 2.24) is 0 Å². The maximum absolute atomic E-state index is 11.2. The van der Waals surface area contributed by atoms with Gasteiger partial charge in [0.25, 0.3) is 10.1 Å². The van der Waals surface area contributed by atoms with Crippen LogP contribution in [0.1, 0.15) is 11.1 Å². The molecule has 2 aromatic carbocycles. The molecule has 0 aliphatic heterocycles. The molecule has 1 aliphatic carbocycles. The molecule has 17 heavy (non-hydrogen) atoms. The normalized spacial score (nSPS) is 14.8. The Kier molecular flexibility index (Phi) is 2.11. The van der Waals surface area contributed by atoms with E-state index in [1.54, 1.807) is 6.08 Å². The number of hydrogen-bond donors (Lipinski definition) is 1. The lowest BCUT2D eigenvalue weighted by molar-refractivity contribution is 0.490. The van der Waals surface area contributed by atoms with Crippen molar-refractivity contribution in [3.05, 3.63) is 52.4 Å². The van der Waals surface area contributed by atoms with Crippen LogP contribution < -0.4 is 0 Å². The van der Waals surface area contributed by atoms with Crippen LogP contribution in [-0.2, 0) is 16.5 Å². The van der Waals surface area contributed by atoms with Crippen molar-refractivity contribution in [3.63, 3.8) is 0 Å². The second-order valence-electron chi connectivity index (χ2n) is 4.12. The molecule has 0 unspecified atom stereocenters. The van der Waals surface area contributed by atoms with E-state index in [4.69, 9.17) is 4.55 Å². The van der Waals surface area contributed by atoms with Gasteiger partial charge in [0.05, 0.1) is 4.91 Å². The first-order valence-corrected chi connectivity index (χ1v) is 6.68. The van der Waals surface area contributed by atoms with Crippen LogP contribution in [0.25, 0.3) is 16.8 Å². The summed E-state index contributed by atoms with van der Waals surface area (Å²) in [6.45, 7) is 0. The number of benzene rings is 2. The fourth-order valence-electron chi connectivity index (χ4n) is 2.30. The summed E-state index contributed by atoms with van der Waals surface area (Å²) in [6.07, 6.45) is 1.80. The lowest BCUT2D eigenvalue weighted by atomic mass is 9.93. The summed E-state index contributed by atoms with van der Waals surface area (Å²) in [5, 5.41) is 2.16. The zero-order valence-corrected chi connectivity index (χ0v) is 9.74. The highest BCUT2D eigenvalue weighted by molar-refractivity contribution is 7.90. The second kappa shape index (κ2) is 3.42. The average Bonchev–Trinajstić information content (AvgIpc) is 2.28. The van der Waals surface area contributed by atoms with E-state index in [1.807, 2.05) is 36.4 Å². The van der Waals surface area contributed by atoms with Crippen LogP contribution in [0.4, 0.5) is 0 Å². The highest BCUT2D eigenvalue weighted by atomic mass is 32.2. The van der Waals surface area contributed by atoms with Gasteiger partial charge in [-0.15, -0.1) is 0 Å². The predicted octanol–water partition coefficient (Wildman–Crippen LogP) is 2.62. The van der Waals surface area contributed by atoms with E-state index in [9.17, 15) is 8.42 Å². The molecule has 0 radical (unpaired) electrons. The maximum atomic E-state index is 11.2. The van der Waals surface area contributed by atoms with E-state index < -0.39 is 10.1 Å². The van der Waals surface area contributed by atoms with Crippen molar-refractivity contribution in [2.24, 2.45) is 0 Å². The molecule has 3 nitrogen and oxygen atoms in total. The number of rotatable bonds is 1. The molecular formula is C13H10O3S. The fraction of sp³-hybridized carbons (Fsp3) is 0.0769. The summed E-state index contributed by atoms with van der Waals surface area (Å²) in [6, 6.07) is 11.5. The average molecular weight is 246 g/mol. The van der Waals surface area contributed by atoms with Crippen molar-refractivity contribution in [3.8, 4) is 0 Å². The van der Waals surface area contributed by atoms with Crippen molar-refractivity contribution in [2.75, 3.05) is 0 Å². The van der Waals surface area contributed by atoms with E-state index in [1.165, 1.54) is 0 Å². The third-order valence-corrected chi connectivity index (χ3v) is 3.96. The third-order valence-electron chi connectivity index (χ3n) is 3.04. The van der Waals surface area contributed by atoms with Gasteiger partial charge in [0, 0.05) is 6.42 Å². The smallest absolute Gasteiger partial charge is 0.282 e. The van der Waals surface area contributed by atoms with Gasteiger partial charge in [-0.1, -0.05) is 36.4 Å². The highest BCUT2D eigenvalue weighted by Crippen LogP contribution is 2.32. The standard InChI is InChI=1S/C13H10O3S/c14-17(15,16)12-7-10-5-1-3-9-4-2-6-11(8-12)13(9)10/h1-7H,8H2,(H,14,15,16). The molecule has 0 heterocycles. The Labute approximate surface area is 99.1 Å². The van der Waals surface area contributed by atoms with Crippen molar-refractivity contribution >= 4 is 27.0 Å². The molecule has 0 saturated heterocycles. The molecule has 1 N–H and O–H groups in total. The Hall–Kier alpha value is -1.65. The van der Waals surface area contributed by atoms with E-state index in [0.717, 1.165) is 21.9 Å². The zero-order valence-electron chi connectivity index (χ0n) is 8.92. The van der Waals surface area contributed by atoms with Gasteiger partial charge in [-0.2, -0.15) is 8.42 Å². The maximum Gasteiger partial charge on any atom is 0.290 e. The molecule has 0 aromatic heterocycles. The Morgan fingerprint density at radius 2 is 1.76 bits per heavy atom. The zero-order chi connectivity index (χ0) is 12.0. The van der Waals surface area contributed by atoms with E-state index in [2.05, 4.69) is 0 Å². The van der Waals surface area contributed by atoms with Gasteiger partial charge in [-0.25, -0.2) is 0 Å². The van der Waals surface area contributed by atoms with Crippen molar-refractivity contribution in [2.45, 2.75) is 6.42 Å². The molecule has 3 rings (SSSR count). The molecule has 86 valence electrons. The lowest BCUT2D eigenvalue weighted by Crippen LogP contribution is -2.08. The molecule has 0 atom stereocenters. The van der Waals surface area contributed by atoms with Crippen LogP contribution in [0.15, 0.2) is 41.3 Å². The van der Waals surface area contributed by atoms with Crippen LogP contribution >= 0.6 is 0 Å². The quantitative estimate of drug-likeness (QED) is 0.787. The third kappa shape index (κ3) is 1.66. The Morgan fingerprint density at radius 1 is 1.06 bits per heavy atom. The van der Waals surface area contributed by atoms with Gasteiger partial charge in [-0.05, 0) is 28.0 Å². The van der Waals surface area contributed by atoms with Crippen LogP contribution in [-0.4, -0.2) is 13.0 Å². The van der Waals surface area contributed by atoms with Crippen LogP contribution in [0.5, 0.6) is 0 Å². The number of allylic oxidation sites excluding steroid dienone is 1. The van der Waals surface area contributed by atoms with Gasteiger partial charge in [0.1, 0.15) is 0 Å². The van der Waals surface area contributed by atoms with Gasteiger partial charge >= 0.3 is 0 Å². The molecule has 4 heteroatoms. The summed E-state index contributed by atoms with van der Waals surface area (Å²) in [5.74, 6) is 0. The molecule has 0 fully saturated rings. The van der Waals surface area contributed by atoms with Crippen molar-refractivity contribution < 1.29 is 13.0 Å². The summed E-state index contributed by atoms with van der Waals surface area (Å²) in [7, 11) is -4.10. The minimum Gasteiger partial charge on any atom is -0.282 e. The van der Waals surface area contributed by atoms with E-state index in [-0.39, 0.29) is 11.3 Å². The summed E-state index contributed by atoms with van der Waals surface area (Å²) in [5.41, 5.74) is 1.78. The fourth-order valence-corrected chi connectivity index (χ4v) is 2.91. The molecule has 1 aliphatic rings. The van der Waals surface area contributed by atoms with Crippen LogP contribution in [0.2, 0.25) is 0 Å². The summed E-state index contributed by atoms with van der Waals surface area (Å²) in [4.78, 5) is 0.0590. The lowest BCUT2D eigenvalue weighted by Gasteiger charge is -2.16. The van der Waals surface area contributed by atoms with E-state index in [0.29, 0.717) is 0 Å². The first-order valence-electron chi connectivity index (χ1n) is 5.24. The van der Waals surface area contributed by atoms with E-state index >= 15 is 0 Å². The predicted molar refractivity (Wildman–Crippen MR) is 67.2 cm³/mol. The van der Waals surface area contributed by atoms with Gasteiger partial charge < -0.3 is 0 Å². The Balaban J connectivity index is 2.37. The Morgan fingerprint density at radius 3 is 2.47 bits per heavy atom. The molecule has 2 aromatic rings. The molecule has 0 bridgehead atoms. The molecule has 0 spiro atoms. The highest BCUT2D eigenvalue weighted by Gasteiger charge is 2.20. The largest absolute Gasteiger partial charge is 0.290 e. The number of hydrogen-bond acceptors (Lipinski definition) is 2.